The zero-order chi connectivity index (χ0) is 11.4. The van der Waals surface area contributed by atoms with Gasteiger partial charge in [-0.1, -0.05) is 19.9 Å². The molecule has 84 valence electrons. The number of carbonyl (C=O) groups excluding carboxylic acids is 1. The van der Waals surface area contributed by atoms with Gasteiger partial charge in [-0.3, -0.25) is 4.79 Å². The lowest BCUT2D eigenvalue weighted by Crippen LogP contribution is -2.49. The Labute approximate surface area is 89.6 Å². The SMILES string of the molecule is C=CC(=O)N1CCC(CC)CC1C(=O)O. The van der Waals surface area contributed by atoms with Crippen molar-refractivity contribution in [1.29, 1.82) is 0 Å². The van der Waals surface area contributed by atoms with Crippen LogP contribution in [-0.4, -0.2) is 34.5 Å². The van der Waals surface area contributed by atoms with Crippen LogP contribution in [0.5, 0.6) is 0 Å². The van der Waals surface area contributed by atoms with Gasteiger partial charge in [-0.25, -0.2) is 4.79 Å². The van der Waals surface area contributed by atoms with Crippen molar-refractivity contribution >= 4 is 11.9 Å². The quantitative estimate of drug-likeness (QED) is 0.715. The molecule has 0 aliphatic carbocycles. The monoisotopic (exact) mass is 211 g/mol. The highest BCUT2D eigenvalue weighted by molar-refractivity contribution is 5.90. The minimum absolute atomic E-state index is 0.281. The highest BCUT2D eigenvalue weighted by Gasteiger charge is 2.34. The van der Waals surface area contributed by atoms with Crippen LogP contribution in [0.15, 0.2) is 12.7 Å². The van der Waals surface area contributed by atoms with Gasteiger partial charge in [0.1, 0.15) is 6.04 Å². The van der Waals surface area contributed by atoms with Crippen LogP contribution < -0.4 is 0 Å². The number of carbonyl (C=O) groups is 2. The van der Waals surface area contributed by atoms with Gasteiger partial charge in [-0.05, 0) is 24.8 Å². The summed E-state index contributed by atoms with van der Waals surface area (Å²) in [6, 6.07) is -0.672. The van der Waals surface area contributed by atoms with Crippen molar-refractivity contribution < 1.29 is 14.7 Å². The lowest BCUT2D eigenvalue weighted by Gasteiger charge is -2.36. The molecule has 0 radical (unpaired) electrons. The first-order valence-corrected chi connectivity index (χ1v) is 5.26. The summed E-state index contributed by atoms with van der Waals surface area (Å²) in [7, 11) is 0. The van der Waals surface area contributed by atoms with Gasteiger partial charge in [0, 0.05) is 6.54 Å². The van der Waals surface area contributed by atoms with E-state index in [9.17, 15) is 9.59 Å². The molecule has 1 N–H and O–H groups in total. The van der Waals surface area contributed by atoms with Crippen molar-refractivity contribution in [2.75, 3.05) is 6.54 Å². The third kappa shape index (κ3) is 2.58. The molecule has 4 heteroatoms. The van der Waals surface area contributed by atoms with Gasteiger partial charge >= 0.3 is 5.97 Å². The molecule has 1 heterocycles. The van der Waals surface area contributed by atoms with Gasteiger partial charge in [-0.15, -0.1) is 0 Å². The van der Waals surface area contributed by atoms with Crippen molar-refractivity contribution in [3.8, 4) is 0 Å². The molecule has 0 aromatic carbocycles. The Kier molecular flexibility index (Phi) is 3.88. The molecule has 2 unspecified atom stereocenters. The molecule has 4 nitrogen and oxygen atoms in total. The number of likely N-dealkylation sites (tertiary alicyclic amines) is 1. The van der Waals surface area contributed by atoms with Crippen LogP contribution in [0.3, 0.4) is 0 Å². The molecule has 0 bridgehead atoms. The fourth-order valence-corrected chi connectivity index (χ4v) is 2.02. The van der Waals surface area contributed by atoms with E-state index in [-0.39, 0.29) is 5.91 Å². The van der Waals surface area contributed by atoms with Crippen LogP contribution in [0.1, 0.15) is 26.2 Å². The van der Waals surface area contributed by atoms with Crippen molar-refractivity contribution in [3.63, 3.8) is 0 Å². The molecular weight excluding hydrogens is 194 g/mol. The zero-order valence-corrected chi connectivity index (χ0v) is 8.98. The fourth-order valence-electron chi connectivity index (χ4n) is 2.02. The van der Waals surface area contributed by atoms with Crippen molar-refractivity contribution in [2.24, 2.45) is 5.92 Å². The maximum atomic E-state index is 11.4. The molecule has 1 aliphatic heterocycles. The van der Waals surface area contributed by atoms with E-state index in [1.54, 1.807) is 0 Å². The molecule has 1 fully saturated rings. The number of amides is 1. The number of piperidine rings is 1. The van der Waals surface area contributed by atoms with Gasteiger partial charge in [0.15, 0.2) is 0 Å². The summed E-state index contributed by atoms with van der Waals surface area (Å²) in [6.45, 7) is 5.96. The zero-order valence-electron chi connectivity index (χ0n) is 8.98. The van der Waals surface area contributed by atoms with E-state index in [0.717, 1.165) is 12.8 Å². The van der Waals surface area contributed by atoms with E-state index in [1.807, 2.05) is 0 Å². The molecule has 0 saturated carbocycles. The van der Waals surface area contributed by atoms with Crippen LogP contribution in [0.2, 0.25) is 0 Å². The van der Waals surface area contributed by atoms with E-state index in [2.05, 4.69) is 13.5 Å². The predicted octanol–water partition coefficient (Wildman–Crippen LogP) is 1.27. The molecule has 1 rings (SSSR count). The van der Waals surface area contributed by atoms with Crippen LogP contribution in [0, 0.1) is 5.92 Å². The van der Waals surface area contributed by atoms with Crippen LogP contribution >= 0.6 is 0 Å². The second-order valence-electron chi connectivity index (χ2n) is 3.89. The predicted molar refractivity (Wildman–Crippen MR) is 56.3 cm³/mol. The maximum Gasteiger partial charge on any atom is 0.326 e. The second kappa shape index (κ2) is 4.96. The van der Waals surface area contributed by atoms with E-state index in [4.69, 9.17) is 5.11 Å². The fraction of sp³-hybridized carbons (Fsp3) is 0.636. The molecule has 0 aromatic rings. The highest BCUT2D eigenvalue weighted by Crippen LogP contribution is 2.25. The molecule has 0 aromatic heterocycles. The number of nitrogens with zero attached hydrogens (tertiary/aromatic N) is 1. The summed E-state index contributed by atoms with van der Waals surface area (Å²) in [6.07, 6.45) is 3.60. The van der Waals surface area contributed by atoms with E-state index in [1.165, 1.54) is 11.0 Å². The van der Waals surface area contributed by atoms with Crippen LogP contribution in [0.4, 0.5) is 0 Å². The molecule has 15 heavy (non-hydrogen) atoms. The molecule has 1 saturated heterocycles. The summed E-state index contributed by atoms with van der Waals surface area (Å²) < 4.78 is 0. The lowest BCUT2D eigenvalue weighted by atomic mass is 9.89. The van der Waals surface area contributed by atoms with Gasteiger partial charge in [0.25, 0.3) is 0 Å². The Hall–Kier alpha value is -1.32. The van der Waals surface area contributed by atoms with Gasteiger partial charge in [0.2, 0.25) is 5.91 Å². The number of carboxylic acid groups (broad SMARTS) is 1. The third-order valence-corrected chi connectivity index (χ3v) is 3.03. The molecule has 1 aliphatic rings. The smallest absolute Gasteiger partial charge is 0.326 e. The lowest BCUT2D eigenvalue weighted by molar-refractivity contribution is -0.151. The van der Waals surface area contributed by atoms with Crippen LogP contribution in [0.25, 0.3) is 0 Å². The third-order valence-electron chi connectivity index (χ3n) is 3.03. The van der Waals surface area contributed by atoms with Gasteiger partial charge in [-0.2, -0.15) is 0 Å². The Morgan fingerprint density at radius 2 is 2.27 bits per heavy atom. The largest absolute Gasteiger partial charge is 0.480 e. The van der Waals surface area contributed by atoms with Crippen molar-refractivity contribution in [1.82, 2.24) is 4.90 Å². The minimum atomic E-state index is -0.914. The Bertz CT molecular complexity index is 275. The number of aliphatic carboxylic acids is 1. The number of hydrogen-bond acceptors (Lipinski definition) is 2. The summed E-state index contributed by atoms with van der Waals surface area (Å²) in [5.41, 5.74) is 0. The van der Waals surface area contributed by atoms with E-state index in [0.29, 0.717) is 18.9 Å². The van der Waals surface area contributed by atoms with Gasteiger partial charge < -0.3 is 10.0 Å². The van der Waals surface area contributed by atoms with Crippen molar-refractivity contribution in [2.45, 2.75) is 32.2 Å². The number of hydrogen-bond donors (Lipinski definition) is 1. The Balaban J connectivity index is 2.75. The Morgan fingerprint density at radius 3 is 2.73 bits per heavy atom. The standard InChI is InChI=1S/C11H17NO3/c1-3-8-5-6-12(10(13)4-2)9(7-8)11(14)15/h4,8-9H,2-3,5-7H2,1H3,(H,14,15). The number of carboxylic acids is 1. The van der Waals surface area contributed by atoms with E-state index >= 15 is 0 Å². The maximum absolute atomic E-state index is 11.4. The molecular formula is C11H17NO3. The minimum Gasteiger partial charge on any atom is -0.480 e. The summed E-state index contributed by atoms with van der Waals surface area (Å²) >= 11 is 0. The molecule has 0 spiro atoms. The first-order valence-electron chi connectivity index (χ1n) is 5.26. The summed E-state index contributed by atoms with van der Waals surface area (Å²) in [5, 5.41) is 9.04. The molecule has 2 atom stereocenters. The number of rotatable bonds is 3. The molecule has 1 amide bonds. The van der Waals surface area contributed by atoms with Gasteiger partial charge in [0.05, 0.1) is 0 Å². The average molecular weight is 211 g/mol. The Morgan fingerprint density at radius 1 is 1.60 bits per heavy atom. The normalized spacial score (nSPS) is 26.1. The topological polar surface area (TPSA) is 57.6 Å². The average Bonchev–Trinajstić information content (AvgIpc) is 2.27. The summed E-state index contributed by atoms with van der Waals surface area (Å²) in [4.78, 5) is 23.8. The highest BCUT2D eigenvalue weighted by atomic mass is 16.4. The van der Waals surface area contributed by atoms with Crippen molar-refractivity contribution in [3.05, 3.63) is 12.7 Å². The van der Waals surface area contributed by atoms with E-state index < -0.39 is 12.0 Å². The van der Waals surface area contributed by atoms with Crippen LogP contribution in [-0.2, 0) is 9.59 Å². The first-order chi connectivity index (χ1) is 7.10. The summed E-state index contributed by atoms with van der Waals surface area (Å²) in [5.74, 6) is -0.778. The first kappa shape index (κ1) is 11.8. The second-order valence-corrected chi connectivity index (χ2v) is 3.89.